The van der Waals surface area contributed by atoms with Crippen LogP contribution in [-0.2, 0) is 4.74 Å². The van der Waals surface area contributed by atoms with Crippen molar-refractivity contribution < 1.29 is 14.1 Å². The lowest BCUT2D eigenvalue weighted by Crippen LogP contribution is -2.06. The maximum atomic E-state index is 11.2. The van der Waals surface area contributed by atoms with Gasteiger partial charge in [0.1, 0.15) is 0 Å². The van der Waals surface area contributed by atoms with E-state index in [0.29, 0.717) is 12.2 Å². The van der Waals surface area contributed by atoms with Crippen LogP contribution < -0.4 is 0 Å². The predicted molar refractivity (Wildman–Crippen MR) is 46.4 cm³/mol. The number of aromatic nitrogens is 1. The highest BCUT2D eigenvalue weighted by atomic mass is 16.6. The van der Waals surface area contributed by atoms with E-state index in [2.05, 4.69) is 5.16 Å². The van der Waals surface area contributed by atoms with Crippen LogP contribution in [0, 0.1) is 6.92 Å². The van der Waals surface area contributed by atoms with Gasteiger partial charge in [0.15, 0.2) is 0 Å². The number of ether oxygens (including phenoxy) is 1. The van der Waals surface area contributed by atoms with Crippen molar-refractivity contribution in [2.45, 2.75) is 26.7 Å². The van der Waals surface area contributed by atoms with Crippen LogP contribution in [0.4, 0.5) is 0 Å². The summed E-state index contributed by atoms with van der Waals surface area (Å²) in [5.74, 6) is -0.223. The van der Waals surface area contributed by atoms with Gasteiger partial charge in [0.2, 0.25) is 5.76 Å². The molecule has 0 saturated heterocycles. The minimum atomic E-state index is -0.427. The molecule has 0 radical (unpaired) electrons. The molecule has 0 saturated carbocycles. The van der Waals surface area contributed by atoms with Crippen LogP contribution in [0.1, 0.15) is 35.9 Å². The summed E-state index contributed by atoms with van der Waals surface area (Å²) in [6.45, 7) is 4.23. The second-order valence-corrected chi connectivity index (χ2v) is 2.83. The molecule has 4 heteroatoms. The topological polar surface area (TPSA) is 52.3 Å². The molecule has 0 aliphatic carbocycles. The van der Waals surface area contributed by atoms with E-state index >= 15 is 0 Å². The third kappa shape index (κ3) is 2.57. The maximum Gasteiger partial charge on any atom is 0.377 e. The van der Waals surface area contributed by atoms with E-state index < -0.39 is 5.97 Å². The Kier molecular flexibility index (Phi) is 3.49. The van der Waals surface area contributed by atoms with Crippen LogP contribution in [0.25, 0.3) is 0 Å². The summed E-state index contributed by atoms with van der Waals surface area (Å²) in [6, 6.07) is 0. The van der Waals surface area contributed by atoms with Crippen LogP contribution in [0.2, 0.25) is 0 Å². The number of carbonyl (C=O) groups excluding carboxylic acids is 1. The Morgan fingerprint density at radius 3 is 3.00 bits per heavy atom. The predicted octanol–water partition coefficient (Wildman–Crippen LogP) is 1.94. The molecule has 1 heterocycles. The monoisotopic (exact) mass is 183 g/mol. The van der Waals surface area contributed by atoms with Gasteiger partial charge in [0.25, 0.3) is 0 Å². The Hall–Kier alpha value is -1.32. The molecule has 1 rings (SSSR count). The lowest BCUT2D eigenvalue weighted by Gasteiger charge is -2.00. The van der Waals surface area contributed by atoms with Crippen LogP contribution in [0.3, 0.4) is 0 Å². The van der Waals surface area contributed by atoms with E-state index in [1.807, 2.05) is 6.92 Å². The molecule has 13 heavy (non-hydrogen) atoms. The third-order valence-electron chi connectivity index (χ3n) is 1.66. The minimum Gasteiger partial charge on any atom is -0.460 e. The Labute approximate surface area is 76.9 Å². The lowest BCUT2D eigenvalue weighted by molar-refractivity contribution is 0.0452. The van der Waals surface area contributed by atoms with E-state index in [1.54, 1.807) is 6.92 Å². The van der Waals surface area contributed by atoms with Gasteiger partial charge in [0, 0.05) is 5.56 Å². The van der Waals surface area contributed by atoms with Gasteiger partial charge in [-0.05, 0) is 13.3 Å². The van der Waals surface area contributed by atoms with E-state index in [-0.39, 0.29) is 5.76 Å². The Balaban J connectivity index is 2.45. The molecule has 0 aromatic carbocycles. The molecule has 1 aromatic heterocycles. The SMILES string of the molecule is CCCCOC(=O)c1oncc1C. The van der Waals surface area contributed by atoms with E-state index in [0.717, 1.165) is 12.8 Å². The Morgan fingerprint density at radius 1 is 1.69 bits per heavy atom. The third-order valence-corrected chi connectivity index (χ3v) is 1.66. The zero-order valence-electron chi connectivity index (χ0n) is 7.87. The highest BCUT2D eigenvalue weighted by Gasteiger charge is 2.14. The van der Waals surface area contributed by atoms with Crippen molar-refractivity contribution in [1.29, 1.82) is 0 Å². The van der Waals surface area contributed by atoms with Gasteiger partial charge >= 0.3 is 5.97 Å². The second kappa shape index (κ2) is 4.64. The summed E-state index contributed by atoms with van der Waals surface area (Å²) in [5, 5.41) is 3.50. The number of rotatable bonds is 4. The van der Waals surface area contributed by atoms with Crippen molar-refractivity contribution in [3.63, 3.8) is 0 Å². The summed E-state index contributed by atoms with van der Waals surface area (Å²) in [7, 11) is 0. The van der Waals surface area contributed by atoms with Crippen LogP contribution >= 0.6 is 0 Å². The van der Waals surface area contributed by atoms with Gasteiger partial charge in [-0.1, -0.05) is 18.5 Å². The standard InChI is InChI=1S/C9H13NO3/c1-3-4-5-12-9(11)8-7(2)6-10-13-8/h6H,3-5H2,1-2H3. The van der Waals surface area contributed by atoms with E-state index in [1.165, 1.54) is 6.20 Å². The molecule has 0 aliphatic rings. The highest BCUT2D eigenvalue weighted by molar-refractivity contribution is 5.87. The molecule has 4 nitrogen and oxygen atoms in total. The quantitative estimate of drug-likeness (QED) is 0.528. The fraction of sp³-hybridized carbons (Fsp3) is 0.556. The second-order valence-electron chi connectivity index (χ2n) is 2.83. The molecule has 0 N–H and O–H groups in total. The van der Waals surface area contributed by atoms with Gasteiger partial charge in [-0.25, -0.2) is 4.79 Å². The van der Waals surface area contributed by atoms with Crippen molar-refractivity contribution in [3.05, 3.63) is 17.5 Å². The summed E-state index contributed by atoms with van der Waals surface area (Å²) in [6.07, 6.45) is 3.37. The zero-order valence-corrected chi connectivity index (χ0v) is 7.87. The number of nitrogens with zero attached hydrogens (tertiary/aromatic N) is 1. The number of hydrogen-bond acceptors (Lipinski definition) is 4. The highest BCUT2D eigenvalue weighted by Crippen LogP contribution is 2.07. The van der Waals surface area contributed by atoms with Crippen molar-refractivity contribution in [2.75, 3.05) is 6.61 Å². The molecule has 0 amide bonds. The fourth-order valence-corrected chi connectivity index (χ4v) is 0.862. The molecule has 0 unspecified atom stereocenters. The van der Waals surface area contributed by atoms with E-state index in [4.69, 9.17) is 9.26 Å². The molecule has 0 atom stereocenters. The number of unbranched alkanes of at least 4 members (excludes halogenated alkanes) is 1. The van der Waals surface area contributed by atoms with Crippen molar-refractivity contribution in [3.8, 4) is 0 Å². The van der Waals surface area contributed by atoms with Crippen LogP contribution in [0.5, 0.6) is 0 Å². The van der Waals surface area contributed by atoms with Crippen molar-refractivity contribution in [1.82, 2.24) is 5.16 Å². The first-order valence-electron chi connectivity index (χ1n) is 4.34. The molecule has 72 valence electrons. The summed E-state index contributed by atoms with van der Waals surface area (Å²) < 4.78 is 9.67. The maximum absolute atomic E-state index is 11.2. The van der Waals surface area contributed by atoms with Gasteiger partial charge in [-0.15, -0.1) is 0 Å². The molecule has 1 aromatic rings. The normalized spacial score (nSPS) is 10.0. The van der Waals surface area contributed by atoms with Crippen molar-refractivity contribution >= 4 is 5.97 Å². The minimum absolute atomic E-state index is 0.205. The zero-order chi connectivity index (χ0) is 9.68. The largest absolute Gasteiger partial charge is 0.460 e. The van der Waals surface area contributed by atoms with E-state index in [9.17, 15) is 4.79 Å². The number of carbonyl (C=O) groups is 1. The van der Waals surface area contributed by atoms with Gasteiger partial charge < -0.3 is 9.26 Å². The fourth-order valence-electron chi connectivity index (χ4n) is 0.862. The Bertz CT molecular complexity index is 280. The molecule has 0 bridgehead atoms. The number of esters is 1. The Morgan fingerprint density at radius 2 is 2.46 bits per heavy atom. The van der Waals surface area contributed by atoms with Gasteiger partial charge in [0.05, 0.1) is 12.8 Å². The van der Waals surface area contributed by atoms with Crippen molar-refractivity contribution in [2.24, 2.45) is 0 Å². The molecular formula is C9H13NO3. The van der Waals surface area contributed by atoms with Gasteiger partial charge in [-0.3, -0.25) is 0 Å². The number of hydrogen-bond donors (Lipinski definition) is 0. The first-order chi connectivity index (χ1) is 6.25. The molecule has 0 aliphatic heterocycles. The lowest BCUT2D eigenvalue weighted by atomic mass is 10.3. The first kappa shape index (κ1) is 9.77. The summed E-state index contributed by atoms with van der Waals surface area (Å²) in [5.41, 5.74) is 0.710. The smallest absolute Gasteiger partial charge is 0.377 e. The summed E-state index contributed by atoms with van der Waals surface area (Å²) >= 11 is 0. The molecule has 0 fully saturated rings. The molecule has 0 spiro atoms. The van der Waals surface area contributed by atoms with Gasteiger partial charge in [-0.2, -0.15) is 0 Å². The summed E-state index contributed by atoms with van der Waals surface area (Å²) in [4.78, 5) is 11.2. The van der Waals surface area contributed by atoms with Crippen LogP contribution in [-0.4, -0.2) is 17.7 Å². The average molecular weight is 183 g/mol. The molecular weight excluding hydrogens is 170 g/mol. The average Bonchev–Trinajstić information content (AvgIpc) is 2.52. The number of aryl methyl sites for hydroxylation is 1. The first-order valence-corrected chi connectivity index (χ1v) is 4.34. The van der Waals surface area contributed by atoms with Crippen LogP contribution in [0.15, 0.2) is 10.7 Å².